The predicted octanol–water partition coefficient (Wildman–Crippen LogP) is 4.36. The second-order valence-corrected chi connectivity index (χ2v) is 7.49. The Morgan fingerprint density at radius 3 is 2.65 bits per heavy atom. The van der Waals surface area contributed by atoms with Gasteiger partial charge in [0, 0.05) is 23.4 Å². The van der Waals surface area contributed by atoms with Gasteiger partial charge in [-0.1, -0.05) is 17.7 Å². The first kappa shape index (κ1) is 16.6. The summed E-state index contributed by atoms with van der Waals surface area (Å²) in [6.07, 6.45) is 2.13. The molecule has 1 aliphatic carbocycles. The number of ketones is 1. The van der Waals surface area contributed by atoms with Crippen LogP contribution in [0.5, 0.6) is 0 Å². The molecule has 5 heteroatoms. The van der Waals surface area contributed by atoms with Crippen molar-refractivity contribution in [3.05, 3.63) is 74.9 Å². The largest absolute Gasteiger partial charge is 0.384 e. The number of hydrogen-bond acceptors (Lipinski definition) is 5. The standard InChI is InChI=1S/C21H19N3OS/c1-13-5-7-15(8-6-13)24-17-3-2-4-18(25)20(17)19(14-9-10-26-12-14)16(11-22)21(24)23/h5-10,12,19H,2-4,23H2,1H3. The number of carbonyl (C=O) groups is 1. The van der Waals surface area contributed by atoms with Crippen LogP contribution in [0.1, 0.15) is 36.3 Å². The minimum atomic E-state index is -0.351. The molecule has 26 heavy (non-hydrogen) atoms. The zero-order chi connectivity index (χ0) is 18.3. The minimum absolute atomic E-state index is 0.125. The number of nitrogens with two attached hydrogens (primary N) is 1. The summed E-state index contributed by atoms with van der Waals surface area (Å²) in [6.45, 7) is 2.03. The SMILES string of the molecule is Cc1ccc(N2C(N)=C(C#N)C(c3ccsc3)C3=C2CCCC3=O)cc1. The van der Waals surface area contributed by atoms with Crippen LogP contribution in [-0.2, 0) is 4.79 Å². The van der Waals surface area contributed by atoms with Crippen LogP contribution in [-0.4, -0.2) is 5.78 Å². The van der Waals surface area contributed by atoms with Gasteiger partial charge >= 0.3 is 0 Å². The summed E-state index contributed by atoms with van der Waals surface area (Å²) >= 11 is 1.57. The fraction of sp³-hybridized carbons (Fsp3) is 0.238. The third-order valence-electron chi connectivity index (χ3n) is 5.08. The number of thiophene rings is 1. The van der Waals surface area contributed by atoms with Crippen molar-refractivity contribution in [1.82, 2.24) is 0 Å². The van der Waals surface area contributed by atoms with Crippen LogP contribution >= 0.6 is 11.3 Å². The first-order chi connectivity index (χ1) is 12.6. The molecule has 0 spiro atoms. The summed E-state index contributed by atoms with van der Waals surface area (Å²) in [4.78, 5) is 14.8. The van der Waals surface area contributed by atoms with Gasteiger partial charge < -0.3 is 5.73 Å². The minimum Gasteiger partial charge on any atom is -0.384 e. The molecule has 2 aliphatic rings. The van der Waals surface area contributed by atoms with E-state index < -0.39 is 0 Å². The van der Waals surface area contributed by atoms with E-state index in [1.54, 1.807) is 11.3 Å². The third kappa shape index (κ3) is 2.54. The van der Waals surface area contributed by atoms with Crippen molar-refractivity contribution in [2.24, 2.45) is 5.73 Å². The molecule has 0 fully saturated rings. The van der Waals surface area contributed by atoms with Gasteiger partial charge in [-0.05, 0) is 54.3 Å². The quantitative estimate of drug-likeness (QED) is 0.863. The molecule has 4 rings (SSSR count). The first-order valence-corrected chi connectivity index (χ1v) is 9.61. The van der Waals surface area contributed by atoms with Crippen LogP contribution in [0.25, 0.3) is 0 Å². The predicted molar refractivity (Wildman–Crippen MR) is 103 cm³/mol. The maximum Gasteiger partial charge on any atom is 0.161 e. The van der Waals surface area contributed by atoms with E-state index in [1.165, 1.54) is 0 Å². The van der Waals surface area contributed by atoms with Crippen LogP contribution in [0.2, 0.25) is 0 Å². The van der Waals surface area contributed by atoms with Crippen LogP contribution < -0.4 is 10.6 Å². The second kappa shape index (κ2) is 6.47. The van der Waals surface area contributed by atoms with Gasteiger partial charge in [-0.25, -0.2) is 0 Å². The van der Waals surface area contributed by atoms with Crippen LogP contribution in [0, 0.1) is 18.3 Å². The number of carbonyl (C=O) groups excluding carboxylic acids is 1. The molecule has 1 aromatic heterocycles. The van der Waals surface area contributed by atoms with Gasteiger partial charge in [0.1, 0.15) is 5.82 Å². The van der Waals surface area contributed by atoms with Crippen molar-refractivity contribution >= 4 is 22.8 Å². The molecule has 1 aromatic carbocycles. The van der Waals surface area contributed by atoms with Crippen molar-refractivity contribution in [3.8, 4) is 6.07 Å². The molecule has 4 nitrogen and oxygen atoms in total. The lowest BCUT2D eigenvalue weighted by atomic mass is 9.76. The molecule has 0 saturated heterocycles. The Kier molecular flexibility index (Phi) is 4.14. The van der Waals surface area contributed by atoms with E-state index in [2.05, 4.69) is 6.07 Å². The third-order valence-corrected chi connectivity index (χ3v) is 5.78. The lowest BCUT2D eigenvalue weighted by Gasteiger charge is -2.39. The summed E-state index contributed by atoms with van der Waals surface area (Å²) in [5, 5.41) is 13.8. The molecule has 130 valence electrons. The maximum absolute atomic E-state index is 12.9. The Bertz CT molecular complexity index is 962. The number of nitriles is 1. The molecule has 1 atom stereocenters. The average Bonchev–Trinajstić information content (AvgIpc) is 3.16. The van der Waals surface area contributed by atoms with Crippen LogP contribution in [0.3, 0.4) is 0 Å². The van der Waals surface area contributed by atoms with E-state index in [0.29, 0.717) is 17.8 Å². The Hall–Kier alpha value is -2.84. The van der Waals surface area contributed by atoms with E-state index in [1.807, 2.05) is 52.9 Å². The zero-order valence-corrected chi connectivity index (χ0v) is 15.3. The summed E-state index contributed by atoms with van der Waals surface area (Å²) in [7, 11) is 0. The molecule has 0 bridgehead atoms. The number of rotatable bonds is 2. The Balaban J connectivity index is 1.96. The van der Waals surface area contributed by atoms with Crippen molar-refractivity contribution in [1.29, 1.82) is 5.26 Å². The number of allylic oxidation sites excluding steroid dienone is 3. The van der Waals surface area contributed by atoms with Gasteiger partial charge in [-0.15, -0.1) is 0 Å². The Labute approximate surface area is 156 Å². The summed E-state index contributed by atoms with van der Waals surface area (Å²) in [5.74, 6) is 0.205. The van der Waals surface area contributed by atoms with Crippen LogP contribution in [0.4, 0.5) is 5.69 Å². The van der Waals surface area contributed by atoms with Gasteiger partial charge in [0.25, 0.3) is 0 Å². The molecule has 0 amide bonds. The maximum atomic E-state index is 12.9. The highest BCUT2D eigenvalue weighted by Gasteiger charge is 2.40. The first-order valence-electron chi connectivity index (χ1n) is 8.66. The Morgan fingerprint density at radius 1 is 1.23 bits per heavy atom. The number of benzene rings is 1. The van der Waals surface area contributed by atoms with E-state index in [-0.39, 0.29) is 11.7 Å². The lowest BCUT2D eigenvalue weighted by Crippen LogP contribution is -2.38. The zero-order valence-electron chi connectivity index (χ0n) is 14.5. The van der Waals surface area contributed by atoms with E-state index >= 15 is 0 Å². The monoisotopic (exact) mass is 361 g/mol. The molecule has 1 unspecified atom stereocenters. The summed E-state index contributed by atoms with van der Waals surface area (Å²) < 4.78 is 0. The van der Waals surface area contributed by atoms with E-state index in [4.69, 9.17) is 5.73 Å². The molecule has 0 radical (unpaired) electrons. The lowest BCUT2D eigenvalue weighted by molar-refractivity contribution is -0.116. The van der Waals surface area contributed by atoms with Crippen LogP contribution in [0.15, 0.2) is 63.8 Å². The van der Waals surface area contributed by atoms with Crippen molar-refractivity contribution < 1.29 is 4.79 Å². The van der Waals surface area contributed by atoms with Crippen molar-refractivity contribution in [2.75, 3.05) is 4.90 Å². The second-order valence-electron chi connectivity index (χ2n) is 6.71. The topological polar surface area (TPSA) is 70.1 Å². The van der Waals surface area contributed by atoms with E-state index in [9.17, 15) is 10.1 Å². The molecule has 2 N–H and O–H groups in total. The number of hydrogen-bond donors (Lipinski definition) is 1. The highest BCUT2D eigenvalue weighted by molar-refractivity contribution is 7.08. The fourth-order valence-electron chi connectivity index (χ4n) is 3.85. The smallest absolute Gasteiger partial charge is 0.161 e. The normalized spacial score (nSPS) is 20.2. The summed E-state index contributed by atoms with van der Waals surface area (Å²) in [6, 6.07) is 12.3. The Morgan fingerprint density at radius 2 is 2.00 bits per heavy atom. The average molecular weight is 361 g/mol. The molecule has 2 heterocycles. The fourth-order valence-corrected chi connectivity index (χ4v) is 4.53. The highest BCUT2D eigenvalue weighted by atomic mass is 32.1. The summed E-state index contributed by atoms with van der Waals surface area (Å²) in [5.41, 5.74) is 11.6. The van der Waals surface area contributed by atoms with Gasteiger partial charge in [0.15, 0.2) is 5.78 Å². The van der Waals surface area contributed by atoms with Gasteiger partial charge in [0.05, 0.1) is 17.6 Å². The van der Waals surface area contributed by atoms with Crippen molar-refractivity contribution in [3.63, 3.8) is 0 Å². The van der Waals surface area contributed by atoms with Gasteiger partial charge in [-0.2, -0.15) is 16.6 Å². The van der Waals surface area contributed by atoms with Gasteiger partial charge in [0.2, 0.25) is 0 Å². The highest BCUT2D eigenvalue weighted by Crippen LogP contribution is 2.46. The molecule has 2 aromatic rings. The number of nitrogens with zero attached hydrogens (tertiary/aromatic N) is 2. The van der Waals surface area contributed by atoms with E-state index in [0.717, 1.165) is 40.9 Å². The molecular weight excluding hydrogens is 342 g/mol. The molecular formula is C21H19N3OS. The number of aryl methyl sites for hydroxylation is 1. The molecule has 0 saturated carbocycles. The molecule has 1 aliphatic heterocycles. The number of anilines is 1. The van der Waals surface area contributed by atoms with Gasteiger partial charge in [-0.3, -0.25) is 9.69 Å². The number of Topliss-reactive ketones (excluding diaryl/α,β-unsaturated/α-hetero) is 1. The van der Waals surface area contributed by atoms with Crippen molar-refractivity contribution in [2.45, 2.75) is 32.1 Å².